The van der Waals surface area contributed by atoms with Crippen molar-refractivity contribution in [3.05, 3.63) is 11.4 Å². The third-order valence-electron chi connectivity index (χ3n) is 5.40. The van der Waals surface area contributed by atoms with E-state index in [0.29, 0.717) is 25.6 Å². The van der Waals surface area contributed by atoms with Crippen LogP contribution in [0.5, 0.6) is 0 Å². The van der Waals surface area contributed by atoms with Gasteiger partial charge in [0, 0.05) is 24.3 Å². The largest absolute Gasteiger partial charge is 0.357 e. The molecular formula is C21H41N2O4P. The van der Waals surface area contributed by atoms with Crippen LogP contribution in [0.3, 0.4) is 0 Å². The van der Waals surface area contributed by atoms with E-state index in [1.807, 2.05) is 19.9 Å². The summed E-state index contributed by atoms with van der Waals surface area (Å²) in [5.74, 6) is 0.761. The lowest BCUT2D eigenvalue weighted by atomic mass is 9.79. The van der Waals surface area contributed by atoms with Crippen molar-refractivity contribution in [2.24, 2.45) is 11.8 Å². The van der Waals surface area contributed by atoms with Crippen molar-refractivity contribution >= 4 is 13.5 Å². The highest BCUT2D eigenvalue weighted by Gasteiger charge is 2.41. The van der Waals surface area contributed by atoms with Crippen LogP contribution in [0.2, 0.25) is 0 Å². The Morgan fingerprint density at radius 3 is 2.21 bits per heavy atom. The van der Waals surface area contributed by atoms with Gasteiger partial charge >= 0.3 is 7.60 Å². The van der Waals surface area contributed by atoms with Crippen molar-refractivity contribution in [1.82, 2.24) is 10.2 Å². The summed E-state index contributed by atoms with van der Waals surface area (Å²) in [4.78, 5) is 14.3. The minimum atomic E-state index is -3.26. The van der Waals surface area contributed by atoms with Gasteiger partial charge in [0.05, 0.1) is 13.2 Å². The molecule has 0 saturated carbocycles. The maximum absolute atomic E-state index is 13.3. The first kappa shape index (κ1) is 25.4. The molecule has 0 bridgehead atoms. The lowest BCUT2D eigenvalue weighted by molar-refractivity contribution is -0.120. The summed E-state index contributed by atoms with van der Waals surface area (Å²) >= 11 is 0. The average molecular weight is 417 g/mol. The van der Waals surface area contributed by atoms with Crippen molar-refractivity contribution < 1.29 is 18.4 Å². The zero-order valence-electron chi connectivity index (χ0n) is 18.9. The van der Waals surface area contributed by atoms with Gasteiger partial charge < -0.3 is 19.3 Å². The first-order valence-corrected chi connectivity index (χ1v) is 12.4. The first-order chi connectivity index (χ1) is 13.2. The van der Waals surface area contributed by atoms with Gasteiger partial charge in [0.2, 0.25) is 5.91 Å². The van der Waals surface area contributed by atoms with E-state index in [9.17, 15) is 9.36 Å². The fraction of sp³-hybridized carbons (Fsp3) is 0.857. The first-order valence-electron chi connectivity index (χ1n) is 10.8. The van der Waals surface area contributed by atoms with E-state index in [1.165, 1.54) is 0 Å². The molecule has 6 nitrogen and oxygen atoms in total. The normalized spacial score (nSPS) is 21.7. The molecule has 0 aromatic carbocycles. The second kappa shape index (κ2) is 12.1. The van der Waals surface area contributed by atoms with Crippen LogP contribution in [0.1, 0.15) is 67.7 Å². The number of carbonyl (C=O) groups is 1. The van der Waals surface area contributed by atoms with Gasteiger partial charge in [-0.05, 0) is 58.0 Å². The number of hydrogen-bond donors (Lipinski definition) is 1. The molecule has 0 fully saturated rings. The standard InChI is InChI=1S/C21H41N2O4P/c1-8-23(9-2)21-15-18(28(25,26-10-3)27-11-4)12-13-19(21)20(14-16(5)6)22-17(7)24/h12,16,19-21H,8-11,13-15H2,1-7H3,(H,22,24)/t19-,20+,21-/m1/s1. The number of carbonyl (C=O) groups excluding carboxylic acids is 1. The third kappa shape index (κ3) is 6.98. The molecule has 0 aromatic heterocycles. The highest BCUT2D eigenvalue weighted by atomic mass is 31.2. The van der Waals surface area contributed by atoms with Crippen molar-refractivity contribution in [2.45, 2.75) is 79.8 Å². The van der Waals surface area contributed by atoms with E-state index in [0.717, 1.165) is 31.2 Å². The fourth-order valence-electron chi connectivity index (χ4n) is 4.28. The molecule has 1 aliphatic rings. The molecule has 7 heteroatoms. The van der Waals surface area contributed by atoms with E-state index in [-0.39, 0.29) is 23.9 Å². The maximum Gasteiger partial charge on any atom is 0.357 e. The van der Waals surface area contributed by atoms with Crippen molar-refractivity contribution in [3.8, 4) is 0 Å². The average Bonchev–Trinajstić information content (AvgIpc) is 2.62. The summed E-state index contributed by atoms with van der Waals surface area (Å²) in [5.41, 5.74) is 0. The molecule has 28 heavy (non-hydrogen) atoms. The predicted molar refractivity (Wildman–Crippen MR) is 115 cm³/mol. The highest BCUT2D eigenvalue weighted by molar-refractivity contribution is 7.58. The van der Waals surface area contributed by atoms with Crippen LogP contribution in [0.4, 0.5) is 0 Å². The van der Waals surface area contributed by atoms with Crippen molar-refractivity contribution in [1.29, 1.82) is 0 Å². The Labute approximate surface area is 172 Å². The van der Waals surface area contributed by atoms with Crippen LogP contribution in [-0.2, 0) is 18.4 Å². The number of nitrogens with one attached hydrogen (secondary N) is 1. The van der Waals surface area contributed by atoms with Gasteiger partial charge in [-0.3, -0.25) is 9.36 Å². The summed E-state index contributed by atoms with van der Waals surface area (Å²) in [5, 5.41) is 3.98. The maximum atomic E-state index is 13.3. The zero-order valence-corrected chi connectivity index (χ0v) is 19.8. The van der Waals surface area contributed by atoms with Crippen LogP contribution in [0.25, 0.3) is 0 Å². The van der Waals surface area contributed by atoms with E-state index in [2.05, 4.69) is 37.9 Å². The summed E-state index contributed by atoms with van der Waals surface area (Å²) < 4.78 is 24.6. The van der Waals surface area contributed by atoms with Crippen LogP contribution in [0.15, 0.2) is 11.4 Å². The quantitative estimate of drug-likeness (QED) is 0.463. The molecule has 1 amide bonds. The molecular weight excluding hydrogens is 375 g/mol. The summed E-state index contributed by atoms with van der Waals surface area (Å²) in [6.07, 6.45) is 4.39. The Kier molecular flexibility index (Phi) is 11.0. The topological polar surface area (TPSA) is 67.9 Å². The molecule has 3 atom stereocenters. The number of rotatable bonds is 12. The number of nitrogens with zero attached hydrogens (tertiary/aromatic N) is 1. The van der Waals surface area contributed by atoms with Gasteiger partial charge in [0.25, 0.3) is 0 Å². The van der Waals surface area contributed by atoms with Crippen LogP contribution in [-0.4, -0.2) is 49.2 Å². The number of hydrogen-bond acceptors (Lipinski definition) is 5. The van der Waals surface area contributed by atoms with Gasteiger partial charge in [0.1, 0.15) is 0 Å². The monoisotopic (exact) mass is 416 g/mol. The molecule has 1 N–H and O–H groups in total. The van der Waals surface area contributed by atoms with Gasteiger partial charge in [-0.2, -0.15) is 0 Å². The summed E-state index contributed by atoms with van der Waals surface area (Å²) in [6.45, 7) is 16.5. The minimum absolute atomic E-state index is 0.00743. The molecule has 0 heterocycles. The molecule has 1 aliphatic carbocycles. The van der Waals surface area contributed by atoms with Crippen LogP contribution in [0, 0.1) is 11.8 Å². The molecule has 1 rings (SSSR count). The second-order valence-corrected chi connectivity index (χ2v) is 9.94. The van der Waals surface area contributed by atoms with Gasteiger partial charge in [0.15, 0.2) is 0 Å². The van der Waals surface area contributed by atoms with E-state index in [1.54, 1.807) is 6.92 Å². The fourth-order valence-corrected chi connectivity index (χ4v) is 6.11. The summed E-state index contributed by atoms with van der Waals surface area (Å²) in [6, 6.07) is 0.291. The Hall–Kier alpha value is -0.680. The lowest BCUT2D eigenvalue weighted by Gasteiger charge is -2.43. The molecule has 0 radical (unpaired) electrons. The number of allylic oxidation sites excluding steroid dienone is 1. The van der Waals surface area contributed by atoms with E-state index < -0.39 is 7.60 Å². The molecule has 164 valence electrons. The minimum Gasteiger partial charge on any atom is -0.353 e. The molecule has 0 saturated heterocycles. The summed E-state index contributed by atoms with van der Waals surface area (Å²) in [7, 11) is -3.26. The predicted octanol–water partition coefficient (Wildman–Crippen LogP) is 4.81. The Bertz CT molecular complexity index is 551. The third-order valence-corrected chi connectivity index (χ3v) is 7.67. The molecule has 0 spiro atoms. The Balaban J connectivity index is 3.26. The Morgan fingerprint density at radius 1 is 1.21 bits per heavy atom. The molecule has 0 aromatic rings. The smallest absolute Gasteiger partial charge is 0.353 e. The highest BCUT2D eigenvalue weighted by Crippen LogP contribution is 2.59. The molecule has 0 unspecified atom stereocenters. The molecule has 0 aliphatic heterocycles. The van der Waals surface area contributed by atoms with E-state index in [4.69, 9.17) is 9.05 Å². The lowest BCUT2D eigenvalue weighted by Crippen LogP contribution is -2.51. The van der Waals surface area contributed by atoms with E-state index >= 15 is 0 Å². The Morgan fingerprint density at radius 2 is 1.79 bits per heavy atom. The van der Waals surface area contributed by atoms with Crippen molar-refractivity contribution in [3.63, 3.8) is 0 Å². The van der Waals surface area contributed by atoms with Gasteiger partial charge in [-0.25, -0.2) is 0 Å². The van der Waals surface area contributed by atoms with Crippen LogP contribution >= 0.6 is 7.60 Å². The van der Waals surface area contributed by atoms with Gasteiger partial charge in [-0.15, -0.1) is 0 Å². The SMILES string of the molecule is CCOP(=O)(OCC)C1=CC[C@H]([C@H](CC(C)C)NC(C)=O)[C@H](N(CC)CC)C1. The zero-order chi connectivity index (χ0) is 21.3. The van der Waals surface area contributed by atoms with Crippen LogP contribution < -0.4 is 5.32 Å². The van der Waals surface area contributed by atoms with Gasteiger partial charge in [-0.1, -0.05) is 33.8 Å². The second-order valence-electron chi connectivity index (χ2n) is 7.86. The van der Waals surface area contributed by atoms with Crippen molar-refractivity contribution in [2.75, 3.05) is 26.3 Å². The number of amides is 1.